The Labute approximate surface area is 110 Å². The molecule has 0 unspecified atom stereocenters. The molecule has 0 saturated carbocycles. The molecule has 2 heterocycles. The topological polar surface area (TPSA) is 71.3 Å². The van der Waals surface area contributed by atoms with E-state index >= 15 is 0 Å². The standard InChI is InChI=1S/C11H16N4O2S/c1-2-12-10-4-3-9(15(16)17)11(13-10)14-5-7-18-8-6-14/h3-4H,2,5-8H2,1H3,(H,12,13). The van der Waals surface area contributed by atoms with Gasteiger partial charge in [0.15, 0.2) is 0 Å². The maximum atomic E-state index is 11.0. The van der Waals surface area contributed by atoms with Crippen LogP contribution in [-0.4, -0.2) is 41.0 Å². The lowest BCUT2D eigenvalue weighted by atomic mass is 10.3. The van der Waals surface area contributed by atoms with Crippen LogP contribution in [0.5, 0.6) is 0 Å². The molecule has 98 valence electrons. The number of nitrogens with one attached hydrogen (secondary N) is 1. The van der Waals surface area contributed by atoms with E-state index in [9.17, 15) is 10.1 Å². The Morgan fingerprint density at radius 3 is 2.83 bits per heavy atom. The molecule has 0 aliphatic carbocycles. The molecule has 18 heavy (non-hydrogen) atoms. The van der Waals surface area contributed by atoms with Crippen molar-refractivity contribution in [1.29, 1.82) is 0 Å². The number of anilines is 2. The Kier molecular flexibility index (Phi) is 4.24. The van der Waals surface area contributed by atoms with Crippen molar-refractivity contribution in [2.24, 2.45) is 0 Å². The maximum Gasteiger partial charge on any atom is 0.311 e. The number of nitrogens with zero attached hydrogens (tertiary/aromatic N) is 3. The molecule has 1 aliphatic rings. The molecule has 1 aromatic heterocycles. The maximum absolute atomic E-state index is 11.0. The number of rotatable bonds is 4. The zero-order chi connectivity index (χ0) is 13.0. The van der Waals surface area contributed by atoms with Crippen molar-refractivity contribution in [1.82, 2.24) is 4.98 Å². The molecule has 0 radical (unpaired) electrons. The Morgan fingerprint density at radius 1 is 1.50 bits per heavy atom. The zero-order valence-corrected chi connectivity index (χ0v) is 11.1. The minimum atomic E-state index is -0.361. The van der Waals surface area contributed by atoms with Gasteiger partial charge in [0.05, 0.1) is 4.92 Å². The summed E-state index contributed by atoms with van der Waals surface area (Å²) in [6.45, 7) is 4.35. The van der Waals surface area contributed by atoms with Gasteiger partial charge in [-0.05, 0) is 13.0 Å². The van der Waals surface area contributed by atoms with Crippen LogP contribution in [0.1, 0.15) is 6.92 Å². The van der Waals surface area contributed by atoms with Gasteiger partial charge in [-0.25, -0.2) is 4.98 Å². The lowest BCUT2D eigenvalue weighted by Gasteiger charge is -2.27. The van der Waals surface area contributed by atoms with Gasteiger partial charge in [-0.3, -0.25) is 10.1 Å². The summed E-state index contributed by atoms with van der Waals surface area (Å²) in [4.78, 5) is 17.1. The summed E-state index contributed by atoms with van der Waals surface area (Å²) in [5.41, 5.74) is 0.0866. The molecule has 1 aliphatic heterocycles. The summed E-state index contributed by atoms with van der Waals surface area (Å²) in [5.74, 6) is 3.16. The summed E-state index contributed by atoms with van der Waals surface area (Å²) in [5, 5.41) is 14.1. The first-order chi connectivity index (χ1) is 8.72. The fourth-order valence-corrected chi connectivity index (χ4v) is 2.77. The highest BCUT2D eigenvalue weighted by molar-refractivity contribution is 7.99. The molecule has 2 rings (SSSR count). The van der Waals surface area contributed by atoms with Crippen LogP contribution in [0.15, 0.2) is 12.1 Å². The molecular formula is C11H16N4O2S. The molecule has 0 amide bonds. The minimum absolute atomic E-state index is 0.0866. The van der Waals surface area contributed by atoms with Crippen LogP contribution in [0.2, 0.25) is 0 Å². The van der Waals surface area contributed by atoms with E-state index in [0.717, 1.165) is 31.1 Å². The summed E-state index contributed by atoms with van der Waals surface area (Å²) in [7, 11) is 0. The van der Waals surface area contributed by atoms with Gasteiger partial charge in [0, 0.05) is 37.2 Å². The summed E-state index contributed by atoms with van der Waals surface area (Å²) in [6.07, 6.45) is 0. The predicted octanol–water partition coefficient (Wildman–Crippen LogP) is 1.97. The van der Waals surface area contributed by atoms with E-state index in [-0.39, 0.29) is 10.6 Å². The van der Waals surface area contributed by atoms with Crippen molar-refractivity contribution in [3.05, 3.63) is 22.2 Å². The van der Waals surface area contributed by atoms with Crippen LogP contribution in [0.25, 0.3) is 0 Å². The van der Waals surface area contributed by atoms with E-state index in [1.807, 2.05) is 23.6 Å². The van der Waals surface area contributed by atoms with Gasteiger partial charge in [0.25, 0.3) is 0 Å². The van der Waals surface area contributed by atoms with Gasteiger partial charge >= 0.3 is 5.69 Å². The molecule has 0 bridgehead atoms. The van der Waals surface area contributed by atoms with E-state index in [0.29, 0.717) is 11.6 Å². The molecular weight excluding hydrogens is 252 g/mol. The van der Waals surface area contributed by atoms with Crippen LogP contribution in [0, 0.1) is 10.1 Å². The van der Waals surface area contributed by atoms with Crippen LogP contribution in [0.4, 0.5) is 17.3 Å². The number of nitro groups is 1. The molecule has 1 aromatic rings. The normalized spacial score (nSPS) is 15.5. The van der Waals surface area contributed by atoms with Gasteiger partial charge in [0.2, 0.25) is 5.82 Å². The first-order valence-electron chi connectivity index (χ1n) is 5.94. The minimum Gasteiger partial charge on any atom is -0.370 e. The molecule has 0 spiro atoms. The lowest BCUT2D eigenvalue weighted by Crippen LogP contribution is -2.33. The van der Waals surface area contributed by atoms with Crippen molar-refractivity contribution >= 4 is 29.1 Å². The van der Waals surface area contributed by atoms with Crippen LogP contribution in [-0.2, 0) is 0 Å². The molecule has 1 N–H and O–H groups in total. The quantitative estimate of drug-likeness (QED) is 0.665. The summed E-state index contributed by atoms with van der Waals surface area (Å²) in [6, 6.07) is 3.19. The first kappa shape index (κ1) is 12.9. The average Bonchev–Trinajstić information content (AvgIpc) is 2.40. The third-order valence-electron chi connectivity index (χ3n) is 2.72. The fourth-order valence-electron chi connectivity index (χ4n) is 1.87. The second-order valence-corrected chi connectivity index (χ2v) is 5.15. The summed E-state index contributed by atoms with van der Waals surface area (Å²) < 4.78 is 0. The monoisotopic (exact) mass is 268 g/mol. The third-order valence-corrected chi connectivity index (χ3v) is 3.66. The van der Waals surface area contributed by atoms with Gasteiger partial charge in [-0.2, -0.15) is 11.8 Å². The lowest BCUT2D eigenvalue weighted by molar-refractivity contribution is -0.384. The van der Waals surface area contributed by atoms with Gasteiger partial charge in [-0.1, -0.05) is 0 Å². The number of thioether (sulfide) groups is 1. The first-order valence-corrected chi connectivity index (χ1v) is 7.10. The van der Waals surface area contributed by atoms with E-state index in [4.69, 9.17) is 0 Å². The highest BCUT2D eigenvalue weighted by Gasteiger charge is 2.23. The smallest absolute Gasteiger partial charge is 0.311 e. The second-order valence-electron chi connectivity index (χ2n) is 3.93. The SMILES string of the molecule is CCNc1ccc([N+](=O)[O-])c(N2CCSCC2)n1. The largest absolute Gasteiger partial charge is 0.370 e. The second kappa shape index (κ2) is 5.90. The van der Waals surface area contributed by atoms with E-state index in [2.05, 4.69) is 10.3 Å². The van der Waals surface area contributed by atoms with Crippen molar-refractivity contribution < 1.29 is 4.92 Å². The van der Waals surface area contributed by atoms with Crippen molar-refractivity contribution in [3.8, 4) is 0 Å². The number of pyridine rings is 1. The van der Waals surface area contributed by atoms with Gasteiger partial charge < -0.3 is 10.2 Å². The average molecular weight is 268 g/mol. The van der Waals surface area contributed by atoms with E-state index in [1.54, 1.807) is 6.07 Å². The molecule has 0 atom stereocenters. The van der Waals surface area contributed by atoms with E-state index < -0.39 is 0 Å². The highest BCUT2D eigenvalue weighted by atomic mass is 32.2. The summed E-state index contributed by atoms with van der Waals surface area (Å²) >= 11 is 1.87. The molecule has 1 saturated heterocycles. The highest BCUT2D eigenvalue weighted by Crippen LogP contribution is 2.29. The van der Waals surface area contributed by atoms with Gasteiger partial charge in [-0.15, -0.1) is 0 Å². The fraction of sp³-hybridized carbons (Fsp3) is 0.545. The molecule has 6 nitrogen and oxygen atoms in total. The van der Waals surface area contributed by atoms with Crippen molar-refractivity contribution in [3.63, 3.8) is 0 Å². The third kappa shape index (κ3) is 2.84. The Balaban J connectivity index is 2.33. The predicted molar refractivity (Wildman–Crippen MR) is 74.6 cm³/mol. The van der Waals surface area contributed by atoms with Crippen LogP contribution < -0.4 is 10.2 Å². The van der Waals surface area contributed by atoms with Crippen molar-refractivity contribution in [2.75, 3.05) is 41.4 Å². The molecule has 0 aromatic carbocycles. The molecule has 7 heteroatoms. The van der Waals surface area contributed by atoms with E-state index in [1.165, 1.54) is 6.07 Å². The Hall–Kier alpha value is -1.50. The van der Waals surface area contributed by atoms with Gasteiger partial charge in [0.1, 0.15) is 5.82 Å². The number of hydrogen-bond acceptors (Lipinski definition) is 6. The zero-order valence-electron chi connectivity index (χ0n) is 10.3. The van der Waals surface area contributed by atoms with Crippen molar-refractivity contribution in [2.45, 2.75) is 6.92 Å². The Morgan fingerprint density at radius 2 is 2.22 bits per heavy atom. The molecule has 1 fully saturated rings. The number of aromatic nitrogens is 1. The Bertz CT molecular complexity index is 435. The van der Waals surface area contributed by atoms with Crippen LogP contribution >= 0.6 is 11.8 Å². The van der Waals surface area contributed by atoms with Crippen LogP contribution in [0.3, 0.4) is 0 Å². The number of hydrogen-bond donors (Lipinski definition) is 1.